The maximum Gasteiger partial charge on any atom is 0.233 e. The van der Waals surface area contributed by atoms with Gasteiger partial charge in [-0.05, 0) is 48.5 Å². The predicted octanol–water partition coefficient (Wildman–Crippen LogP) is 5.99. The highest BCUT2D eigenvalue weighted by molar-refractivity contribution is 7.99. The first-order valence-corrected chi connectivity index (χ1v) is 10.8. The van der Waals surface area contributed by atoms with Gasteiger partial charge in [0.2, 0.25) is 11.9 Å². The van der Waals surface area contributed by atoms with Crippen molar-refractivity contribution in [3.05, 3.63) is 95.5 Å². The van der Waals surface area contributed by atoms with E-state index < -0.39 is 0 Å². The normalized spacial score (nSPS) is 10.5. The van der Waals surface area contributed by atoms with Gasteiger partial charge in [0.15, 0.2) is 10.9 Å². The monoisotopic (exact) mass is 447 g/mol. The highest BCUT2D eigenvalue weighted by Crippen LogP contribution is 2.22. The van der Waals surface area contributed by atoms with Crippen molar-refractivity contribution in [2.75, 3.05) is 16.4 Å². The number of carbonyl (C=O) groups is 1. The topological polar surface area (TPSA) is 79.8 Å². The Hall–Kier alpha value is -3.42. The number of anilines is 4. The average Bonchev–Trinajstić information content (AvgIpc) is 2.79. The van der Waals surface area contributed by atoms with Crippen molar-refractivity contribution in [1.29, 1.82) is 0 Å². The zero-order valence-electron chi connectivity index (χ0n) is 16.3. The van der Waals surface area contributed by atoms with Crippen LogP contribution in [0.4, 0.5) is 23.3 Å². The minimum Gasteiger partial charge on any atom is -0.324 e. The largest absolute Gasteiger partial charge is 0.324 e. The van der Waals surface area contributed by atoms with Crippen LogP contribution in [0.3, 0.4) is 0 Å². The molecule has 31 heavy (non-hydrogen) atoms. The Kier molecular flexibility index (Phi) is 6.76. The maximum atomic E-state index is 12.5. The van der Waals surface area contributed by atoms with Crippen LogP contribution in [0, 0.1) is 0 Å². The number of nitrogens with zero attached hydrogens (tertiary/aromatic N) is 3. The van der Waals surface area contributed by atoms with Crippen molar-refractivity contribution in [3.8, 4) is 0 Å². The van der Waals surface area contributed by atoms with E-state index in [1.165, 1.54) is 11.8 Å². The van der Waals surface area contributed by atoms with Crippen LogP contribution in [0.25, 0.3) is 0 Å². The molecule has 0 radical (unpaired) electrons. The molecule has 0 aliphatic rings. The number of nitrogens with one attached hydrogen (secondary N) is 2. The molecule has 0 saturated heterocycles. The summed E-state index contributed by atoms with van der Waals surface area (Å²) in [5.74, 6) is 0.945. The molecule has 0 amide bonds. The number of benzene rings is 3. The second kappa shape index (κ2) is 10.1. The second-order valence-corrected chi connectivity index (χ2v) is 7.84. The fourth-order valence-corrected chi connectivity index (χ4v) is 3.54. The van der Waals surface area contributed by atoms with Gasteiger partial charge in [-0.15, -0.1) is 0 Å². The SMILES string of the molecule is O=C(CSc1nc(Nc2ccccc2)nc(Nc2ccccc2)n1)c1ccc(Cl)cc1. The van der Waals surface area contributed by atoms with Crippen LogP contribution in [0.1, 0.15) is 10.4 Å². The van der Waals surface area contributed by atoms with Gasteiger partial charge in [0.25, 0.3) is 0 Å². The number of hydrogen-bond acceptors (Lipinski definition) is 7. The molecule has 0 saturated carbocycles. The molecule has 1 aromatic heterocycles. The van der Waals surface area contributed by atoms with Crippen LogP contribution in [0.5, 0.6) is 0 Å². The third kappa shape index (κ3) is 6.04. The fourth-order valence-electron chi connectivity index (χ4n) is 2.68. The number of thioether (sulfide) groups is 1. The number of hydrogen-bond donors (Lipinski definition) is 2. The fraction of sp³-hybridized carbons (Fsp3) is 0.0435. The molecule has 4 rings (SSSR count). The highest BCUT2D eigenvalue weighted by atomic mass is 35.5. The third-order valence-electron chi connectivity index (χ3n) is 4.17. The van der Waals surface area contributed by atoms with E-state index in [4.69, 9.17) is 11.6 Å². The molecule has 8 heteroatoms. The number of Topliss-reactive ketones (excluding diaryl/α,β-unsaturated/α-hetero) is 1. The van der Waals surface area contributed by atoms with Crippen molar-refractivity contribution in [2.45, 2.75) is 5.16 Å². The zero-order chi connectivity index (χ0) is 21.5. The summed E-state index contributed by atoms with van der Waals surface area (Å²) in [4.78, 5) is 25.9. The van der Waals surface area contributed by atoms with Gasteiger partial charge in [-0.25, -0.2) is 0 Å². The highest BCUT2D eigenvalue weighted by Gasteiger charge is 2.12. The summed E-state index contributed by atoms with van der Waals surface area (Å²) in [6.07, 6.45) is 0. The van der Waals surface area contributed by atoms with E-state index in [9.17, 15) is 4.79 Å². The van der Waals surface area contributed by atoms with Crippen LogP contribution in [-0.4, -0.2) is 26.5 Å². The molecule has 0 aliphatic carbocycles. The molecule has 0 unspecified atom stereocenters. The van der Waals surface area contributed by atoms with Gasteiger partial charge < -0.3 is 10.6 Å². The van der Waals surface area contributed by atoms with Crippen molar-refractivity contribution in [1.82, 2.24) is 15.0 Å². The lowest BCUT2D eigenvalue weighted by molar-refractivity contribution is 0.102. The van der Waals surface area contributed by atoms with E-state index in [2.05, 4.69) is 25.6 Å². The molecule has 0 aliphatic heterocycles. The van der Waals surface area contributed by atoms with Crippen LogP contribution in [-0.2, 0) is 0 Å². The van der Waals surface area contributed by atoms with E-state index in [1.54, 1.807) is 24.3 Å². The summed E-state index contributed by atoms with van der Waals surface area (Å²) < 4.78 is 0. The summed E-state index contributed by atoms with van der Waals surface area (Å²) in [6.45, 7) is 0. The predicted molar refractivity (Wildman–Crippen MR) is 126 cm³/mol. The molecular weight excluding hydrogens is 430 g/mol. The van der Waals surface area contributed by atoms with Crippen molar-refractivity contribution in [3.63, 3.8) is 0 Å². The molecule has 0 atom stereocenters. The Morgan fingerprint density at radius 2 is 1.26 bits per heavy atom. The first kappa shape index (κ1) is 20.8. The number of para-hydroxylation sites is 2. The number of ketones is 1. The van der Waals surface area contributed by atoms with Gasteiger partial charge in [-0.1, -0.05) is 59.8 Å². The van der Waals surface area contributed by atoms with E-state index in [-0.39, 0.29) is 11.5 Å². The third-order valence-corrected chi connectivity index (χ3v) is 5.27. The Bertz CT molecular complexity index is 1100. The molecule has 154 valence electrons. The number of aromatic nitrogens is 3. The number of rotatable bonds is 8. The Labute approximate surface area is 189 Å². The molecule has 3 aromatic carbocycles. The summed E-state index contributed by atoms with van der Waals surface area (Å²) in [5.41, 5.74) is 2.30. The Morgan fingerprint density at radius 1 is 0.742 bits per heavy atom. The Morgan fingerprint density at radius 3 is 1.77 bits per heavy atom. The molecule has 0 fully saturated rings. The maximum absolute atomic E-state index is 12.5. The summed E-state index contributed by atoms with van der Waals surface area (Å²) in [5, 5.41) is 7.39. The van der Waals surface area contributed by atoms with E-state index >= 15 is 0 Å². The van der Waals surface area contributed by atoms with Gasteiger partial charge in [0.05, 0.1) is 5.75 Å². The first-order valence-electron chi connectivity index (χ1n) is 9.47. The lowest BCUT2D eigenvalue weighted by Crippen LogP contribution is -2.07. The van der Waals surface area contributed by atoms with E-state index in [0.717, 1.165) is 11.4 Å². The standard InChI is InChI=1S/C23H18ClN5OS/c24-17-13-11-16(12-14-17)20(30)15-31-23-28-21(25-18-7-3-1-4-8-18)27-22(29-23)26-19-9-5-2-6-10-19/h1-14H,15H2,(H2,25,26,27,28,29). The lowest BCUT2D eigenvalue weighted by atomic mass is 10.1. The quantitative estimate of drug-likeness (QED) is 0.254. The molecule has 0 spiro atoms. The van der Waals surface area contributed by atoms with Crippen molar-refractivity contribution >= 4 is 52.4 Å². The second-order valence-electron chi connectivity index (χ2n) is 6.47. The Balaban J connectivity index is 1.54. The van der Waals surface area contributed by atoms with Crippen LogP contribution >= 0.6 is 23.4 Å². The van der Waals surface area contributed by atoms with E-state index in [0.29, 0.717) is 27.6 Å². The summed E-state index contributed by atoms with van der Waals surface area (Å²) in [7, 11) is 0. The number of halogens is 1. The van der Waals surface area contributed by atoms with Gasteiger partial charge in [-0.2, -0.15) is 15.0 Å². The van der Waals surface area contributed by atoms with Gasteiger partial charge >= 0.3 is 0 Å². The van der Waals surface area contributed by atoms with Gasteiger partial charge in [-0.3, -0.25) is 4.79 Å². The van der Waals surface area contributed by atoms with E-state index in [1.807, 2.05) is 60.7 Å². The molecule has 2 N–H and O–H groups in total. The average molecular weight is 448 g/mol. The first-order chi connectivity index (χ1) is 15.2. The number of carbonyl (C=O) groups excluding carboxylic acids is 1. The van der Waals surface area contributed by atoms with Crippen LogP contribution in [0.15, 0.2) is 90.1 Å². The van der Waals surface area contributed by atoms with Crippen LogP contribution in [0.2, 0.25) is 5.02 Å². The summed E-state index contributed by atoms with van der Waals surface area (Å²) in [6, 6.07) is 26.1. The molecule has 0 bridgehead atoms. The van der Waals surface area contributed by atoms with Crippen molar-refractivity contribution in [2.24, 2.45) is 0 Å². The molecular formula is C23H18ClN5OS. The minimum atomic E-state index is -0.0304. The lowest BCUT2D eigenvalue weighted by Gasteiger charge is -2.10. The molecule has 4 aromatic rings. The molecule has 6 nitrogen and oxygen atoms in total. The molecule has 1 heterocycles. The zero-order valence-corrected chi connectivity index (χ0v) is 17.9. The smallest absolute Gasteiger partial charge is 0.233 e. The summed E-state index contributed by atoms with van der Waals surface area (Å²) >= 11 is 7.15. The van der Waals surface area contributed by atoms with Crippen molar-refractivity contribution < 1.29 is 4.79 Å². The van der Waals surface area contributed by atoms with Gasteiger partial charge in [0, 0.05) is 22.0 Å². The van der Waals surface area contributed by atoms with Gasteiger partial charge in [0.1, 0.15) is 0 Å². The van der Waals surface area contributed by atoms with Crippen LogP contribution < -0.4 is 10.6 Å². The minimum absolute atomic E-state index is 0.0304.